The first-order valence-electron chi connectivity index (χ1n) is 4.09. The molecule has 12 heavy (non-hydrogen) atoms. The van der Waals surface area contributed by atoms with Crippen molar-refractivity contribution in [3.63, 3.8) is 0 Å². The van der Waals surface area contributed by atoms with E-state index in [1.165, 1.54) is 7.11 Å². The topological polar surface area (TPSA) is 61.6 Å². The fraction of sp³-hybridized carbons (Fsp3) is 0.875. The fourth-order valence-electron chi connectivity index (χ4n) is 1.40. The third-order valence-corrected chi connectivity index (χ3v) is 2.46. The molecule has 0 radical (unpaired) electrons. The van der Waals surface area contributed by atoms with Gasteiger partial charge in [0.05, 0.1) is 20.3 Å². The smallest absolute Gasteiger partial charge is 0.318 e. The Hall–Kier alpha value is -0.610. The van der Waals surface area contributed by atoms with Crippen molar-refractivity contribution in [1.82, 2.24) is 0 Å². The normalized spacial score (nSPS) is 22.6. The summed E-state index contributed by atoms with van der Waals surface area (Å²) >= 11 is 0. The molecule has 1 aliphatic rings. The minimum absolute atomic E-state index is 0.154. The van der Waals surface area contributed by atoms with Gasteiger partial charge < -0.3 is 15.2 Å². The van der Waals surface area contributed by atoms with Gasteiger partial charge in [0.2, 0.25) is 0 Å². The number of esters is 1. The van der Waals surface area contributed by atoms with Crippen molar-refractivity contribution >= 4 is 5.97 Å². The van der Waals surface area contributed by atoms with Crippen LogP contribution in [0.3, 0.4) is 0 Å². The van der Waals surface area contributed by atoms with Gasteiger partial charge in [-0.25, -0.2) is 0 Å². The Balaban J connectivity index is 2.68. The molecule has 0 saturated carbocycles. The summed E-state index contributed by atoms with van der Waals surface area (Å²) in [5.74, 6) is -0.247. The SMILES string of the molecule is CCC(N)C1(C(=O)OC)COC1. The van der Waals surface area contributed by atoms with Crippen LogP contribution in [-0.4, -0.2) is 32.3 Å². The molecule has 0 spiro atoms. The van der Waals surface area contributed by atoms with Crippen molar-refractivity contribution in [3.8, 4) is 0 Å². The van der Waals surface area contributed by atoms with E-state index in [9.17, 15) is 4.79 Å². The summed E-state index contributed by atoms with van der Waals surface area (Å²) in [4.78, 5) is 11.3. The van der Waals surface area contributed by atoms with Crippen LogP contribution in [0.15, 0.2) is 0 Å². The van der Waals surface area contributed by atoms with Crippen LogP contribution in [0.25, 0.3) is 0 Å². The van der Waals surface area contributed by atoms with Gasteiger partial charge >= 0.3 is 5.97 Å². The van der Waals surface area contributed by atoms with E-state index < -0.39 is 5.41 Å². The summed E-state index contributed by atoms with van der Waals surface area (Å²) in [6, 6.07) is -0.154. The first-order chi connectivity index (χ1) is 5.67. The zero-order chi connectivity index (χ0) is 9.19. The molecule has 0 aromatic carbocycles. The standard InChI is InChI=1S/C8H15NO3/c1-3-6(9)8(4-12-5-8)7(10)11-2/h6H,3-5,9H2,1-2H3. The van der Waals surface area contributed by atoms with E-state index in [0.29, 0.717) is 13.2 Å². The van der Waals surface area contributed by atoms with Crippen LogP contribution in [0, 0.1) is 5.41 Å². The van der Waals surface area contributed by atoms with Gasteiger partial charge in [-0.2, -0.15) is 0 Å². The molecular formula is C8H15NO3. The lowest BCUT2D eigenvalue weighted by Gasteiger charge is -2.42. The molecule has 2 N–H and O–H groups in total. The van der Waals surface area contributed by atoms with Gasteiger partial charge in [0, 0.05) is 6.04 Å². The number of hydrogen-bond acceptors (Lipinski definition) is 4. The Morgan fingerprint density at radius 1 is 1.75 bits per heavy atom. The maximum absolute atomic E-state index is 11.3. The Morgan fingerprint density at radius 2 is 2.33 bits per heavy atom. The van der Waals surface area contributed by atoms with Crippen LogP contribution < -0.4 is 5.73 Å². The molecule has 1 heterocycles. The number of carbonyl (C=O) groups excluding carboxylic acids is 1. The van der Waals surface area contributed by atoms with Gasteiger partial charge in [0.25, 0.3) is 0 Å². The van der Waals surface area contributed by atoms with Crippen molar-refractivity contribution in [3.05, 3.63) is 0 Å². The van der Waals surface area contributed by atoms with Crippen LogP contribution in [-0.2, 0) is 14.3 Å². The van der Waals surface area contributed by atoms with Crippen LogP contribution >= 0.6 is 0 Å². The molecule has 0 amide bonds. The highest BCUT2D eigenvalue weighted by Crippen LogP contribution is 2.33. The van der Waals surface area contributed by atoms with Crippen molar-refractivity contribution in [1.29, 1.82) is 0 Å². The van der Waals surface area contributed by atoms with Crippen LogP contribution in [0.5, 0.6) is 0 Å². The molecule has 0 aliphatic carbocycles. The number of rotatable bonds is 3. The number of carbonyl (C=O) groups is 1. The predicted molar refractivity (Wildman–Crippen MR) is 43.5 cm³/mol. The third kappa shape index (κ3) is 1.21. The maximum Gasteiger partial charge on any atom is 0.318 e. The van der Waals surface area contributed by atoms with Gasteiger partial charge in [0.1, 0.15) is 5.41 Å². The monoisotopic (exact) mass is 173 g/mol. The Labute approximate surface area is 72.0 Å². The molecule has 1 atom stereocenters. The summed E-state index contributed by atoms with van der Waals surface area (Å²) in [6.45, 7) is 2.75. The van der Waals surface area contributed by atoms with E-state index in [2.05, 4.69) is 4.74 Å². The second-order valence-corrected chi connectivity index (χ2v) is 3.16. The molecule has 1 fully saturated rings. The summed E-state index contributed by atoms with van der Waals surface area (Å²) in [5.41, 5.74) is 5.24. The summed E-state index contributed by atoms with van der Waals surface area (Å²) < 4.78 is 9.68. The number of hydrogen-bond donors (Lipinski definition) is 1. The van der Waals surface area contributed by atoms with E-state index in [1.807, 2.05) is 6.92 Å². The largest absolute Gasteiger partial charge is 0.468 e. The molecule has 0 aromatic heterocycles. The first-order valence-corrected chi connectivity index (χ1v) is 4.09. The Bertz CT molecular complexity index is 177. The lowest BCUT2D eigenvalue weighted by Crippen LogP contribution is -2.60. The summed E-state index contributed by atoms with van der Waals surface area (Å²) in [5, 5.41) is 0. The van der Waals surface area contributed by atoms with Gasteiger partial charge in [-0.15, -0.1) is 0 Å². The fourth-order valence-corrected chi connectivity index (χ4v) is 1.40. The number of ether oxygens (including phenoxy) is 2. The van der Waals surface area contributed by atoms with Gasteiger partial charge in [-0.3, -0.25) is 4.79 Å². The van der Waals surface area contributed by atoms with E-state index >= 15 is 0 Å². The zero-order valence-corrected chi connectivity index (χ0v) is 7.50. The highest BCUT2D eigenvalue weighted by atomic mass is 16.5. The second kappa shape index (κ2) is 3.41. The lowest BCUT2D eigenvalue weighted by atomic mass is 9.77. The lowest BCUT2D eigenvalue weighted by molar-refractivity contribution is -0.187. The average Bonchev–Trinajstić information content (AvgIpc) is 2.01. The van der Waals surface area contributed by atoms with Crippen molar-refractivity contribution in [2.75, 3.05) is 20.3 Å². The first kappa shape index (κ1) is 9.48. The molecule has 1 saturated heterocycles. The zero-order valence-electron chi connectivity index (χ0n) is 7.50. The van der Waals surface area contributed by atoms with E-state index in [1.54, 1.807) is 0 Å². The second-order valence-electron chi connectivity index (χ2n) is 3.16. The van der Waals surface area contributed by atoms with E-state index in [-0.39, 0.29) is 12.0 Å². The van der Waals surface area contributed by atoms with Gasteiger partial charge in [-0.05, 0) is 6.42 Å². The van der Waals surface area contributed by atoms with Gasteiger partial charge in [0.15, 0.2) is 0 Å². The van der Waals surface area contributed by atoms with Crippen molar-refractivity contribution < 1.29 is 14.3 Å². The number of nitrogens with two attached hydrogens (primary N) is 1. The predicted octanol–water partition coefficient (Wildman–Crippen LogP) is -0.0867. The molecule has 0 bridgehead atoms. The number of methoxy groups -OCH3 is 1. The van der Waals surface area contributed by atoms with Crippen molar-refractivity contribution in [2.45, 2.75) is 19.4 Å². The van der Waals surface area contributed by atoms with Crippen LogP contribution in [0.1, 0.15) is 13.3 Å². The van der Waals surface area contributed by atoms with Crippen molar-refractivity contribution in [2.24, 2.45) is 11.1 Å². The maximum atomic E-state index is 11.3. The average molecular weight is 173 g/mol. The molecule has 1 unspecified atom stereocenters. The van der Waals surface area contributed by atoms with Gasteiger partial charge in [-0.1, -0.05) is 6.92 Å². The molecule has 4 heteroatoms. The molecule has 4 nitrogen and oxygen atoms in total. The minimum Gasteiger partial charge on any atom is -0.468 e. The molecule has 1 aliphatic heterocycles. The highest BCUT2D eigenvalue weighted by molar-refractivity contribution is 5.79. The Morgan fingerprint density at radius 3 is 2.58 bits per heavy atom. The highest BCUT2D eigenvalue weighted by Gasteiger charge is 2.51. The molecule has 0 aromatic rings. The quantitative estimate of drug-likeness (QED) is 0.606. The minimum atomic E-state index is -0.566. The summed E-state index contributed by atoms with van der Waals surface area (Å²) in [6.07, 6.45) is 0.762. The molecule has 1 rings (SSSR count). The Kier molecular flexibility index (Phi) is 2.69. The van der Waals surface area contributed by atoms with Crippen LogP contribution in [0.2, 0.25) is 0 Å². The van der Waals surface area contributed by atoms with Crippen LogP contribution in [0.4, 0.5) is 0 Å². The third-order valence-electron chi connectivity index (χ3n) is 2.46. The molecular weight excluding hydrogens is 158 g/mol. The van der Waals surface area contributed by atoms with E-state index in [4.69, 9.17) is 10.5 Å². The van der Waals surface area contributed by atoms with E-state index in [0.717, 1.165) is 6.42 Å². The molecule has 70 valence electrons. The summed E-state index contributed by atoms with van der Waals surface area (Å²) in [7, 11) is 1.38.